The molecule has 0 bridgehead atoms. The van der Waals surface area contributed by atoms with Gasteiger partial charge in [-0.1, -0.05) is 11.6 Å². The highest BCUT2D eigenvalue weighted by molar-refractivity contribution is 6.30. The Hall–Kier alpha value is -0.890. The SMILES string of the molecule is O=CCc1cc(Cl)ccn1. The van der Waals surface area contributed by atoms with Gasteiger partial charge in [0.2, 0.25) is 0 Å². The lowest BCUT2D eigenvalue weighted by atomic mass is 10.3. The Morgan fingerprint density at radius 3 is 3.10 bits per heavy atom. The Kier molecular flexibility index (Phi) is 2.40. The molecule has 0 fully saturated rings. The molecule has 0 unspecified atom stereocenters. The molecule has 0 N–H and O–H groups in total. The van der Waals surface area contributed by atoms with E-state index in [1.54, 1.807) is 18.3 Å². The van der Waals surface area contributed by atoms with Crippen molar-refractivity contribution in [3.8, 4) is 0 Å². The molecule has 1 rings (SSSR count). The predicted molar refractivity (Wildman–Crippen MR) is 39.0 cm³/mol. The fourth-order valence-electron chi connectivity index (χ4n) is 0.646. The molecule has 0 aliphatic heterocycles. The third-order valence-electron chi connectivity index (χ3n) is 1.07. The van der Waals surface area contributed by atoms with E-state index in [0.29, 0.717) is 17.1 Å². The van der Waals surface area contributed by atoms with Crippen molar-refractivity contribution in [3.05, 3.63) is 29.0 Å². The smallest absolute Gasteiger partial charge is 0.125 e. The van der Waals surface area contributed by atoms with Crippen LogP contribution >= 0.6 is 11.6 Å². The van der Waals surface area contributed by atoms with Gasteiger partial charge in [-0.05, 0) is 12.1 Å². The van der Waals surface area contributed by atoms with Crippen LogP contribution in [0.15, 0.2) is 18.3 Å². The second kappa shape index (κ2) is 3.32. The quantitative estimate of drug-likeness (QED) is 0.606. The van der Waals surface area contributed by atoms with Crippen LogP contribution in [0.25, 0.3) is 0 Å². The molecule has 3 heteroatoms. The number of aldehydes is 1. The Morgan fingerprint density at radius 2 is 2.50 bits per heavy atom. The lowest BCUT2D eigenvalue weighted by Crippen LogP contribution is -1.88. The van der Waals surface area contributed by atoms with E-state index in [2.05, 4.69) is 4.98 Å². The van der Waals surface area contributed by atoms with Gasteiger partial charge in [0.25, 0.3) is 0 Å². The normalized spacial score (nSPS) is 9.30. The van der Waals surface area contributed by atoms with Crippen molar-refractivity contribution in [3.63, 3.8) is 0 Å². The highest BCUT2D eigenvalue weighted by atomic mass is 35.5. The van der Waals surface area contributed by atoms with Crippen LogP contribution in [0.1, 0.15) is 5.69 Å². The zero-order chi connectivity index (χ0) is 7.40. The van der Waals surface area contributed by atoms with E-state index in [4.69, 9.17) is 11.6 Å². The number of carbonyl (C=O) groups excluding carboxylic acids is 1. The van der Waals surface area contributed by atoms with E-state index < -0.39 is 0 Å². The predicted octanol–water partition coefficient (Wildman–Crippen LogP) is 1.48. The number of rotatable bonds is 2. The Balaban J connectivity index is 2.84. The highest BCUT2D eigenvalue weighted by Gasteiger charge is 1.92. The lowest BCUT2D eigenvalue weighted by molar-refractivity contribution is -0.107. The van der Waals surface area contributed by atoms with Crippen molar-refractivity contribution < 1.29 is 4.79 Å². The van der Waals surface area contributed by atoms with Crippen LogP contribution in [-0.4, -0.2) is 11.3 Å². The molecule has 10 heavy (non-hydrogen) atoms. The van der Waals surface area contributed by atoms with E-state index in [1.165, 1.54) is 0 Å². The first-order chi connectivity index (χ1) is 4.83. The standard InChI is InChI=1S/C7H6ClNO/c8-6-1-3-9-7(5-6)2-4-10/h1,3-5H,2H2. The molecule has 0 radical (unpaired) electrons. The first-order valence-corrected chi connectivity index (χ1v) is 3.25. The van der Waals surface area contributed by atoms with Gasteiger partial charge in [-0.3, -0.25) is 4.98 Å². The fourth-order valence-corrected chi connectivity index (χ4v) is 0.828. The second-order valence-corrected chi connectivity index (χ2v) is 2.27. The number of halogens is 1. The summed E-state index contributed by atoms with van der Waals surface area (Å²) in [6.45, 7) is 0. The highest BCUT2D eigenvalue weighted by Crippen LogP contribution is 2.07. The monoisotopic (exact) mass is 155 g/mol. The zero-order valence-electron chi connectivity index (χ0n) is 5.25. The van der Waals surface area contributed by atoms with E-state index in [9.17, 15) is 4.79 Å². The first-order valence-electron chi connectivity index (χ1n) is 2.87. The summed E-state index contributed by atoms with van der Waals surface area (Å²) in [5, 5.41) is 0.617. The third kappa shape index (κ3) is 1.81. The maximum Gasteiger partial charge on any atom is 0.125 e. The van der Waals surface area contributed by atoms with Gasteiger partial charge in [-0.2, -0.15) is 0 Å². The minimum absolute atomic E-state index is 0.334. The van der Waals surface area contributed by atoms with Gasteiger partial charge in [-0.25, -0.2) is 0 Å². The molecule has 0 saturated carbocycles. The molecule has 0 aliphatic carbocycles. The molecule has 0 aliphatic rings. The second-order valence-electron chi connectivity index (χ2n) is 1.84. The van der Waals surface area contributed by atoms with Crippen LogP contribution in [0.5, 0.6) is 0 Å². The van der Waals surface area contributed by atoms with Gasteiger partial charge in [0.1, 0.15) is 6.29 Å². The number of carbonyl (C=O) groups is 1. The van der Waals surface area contributed by atoms with Crippen molar-refractivity contribution in [1.29, 1.82) is 0 Å². The van der Waals surface area contributed by atoms with E-state index in [1.807, 2.05) is 0 Å². The number of nitrogens with zero attached hydrogens (tertiary/aromatic N) is 1. The van der Waals surface area contributed by atoms with Crippen LogP contribution in [0.4, 0.5) is 0 Å². The molecule has 0 aromatic carbocycles. The summed E-state index contributed by atoms with van der Waals surface area (Å²) < 4.78 is 0. The number of hydrogen-bond donors (Lipinski definition) is 0. The van der Waals surface area contributed by atoms with Crippen molar-refractivity contribution in [1.82, 2.24) is 4.98 Å². The molecular weight excluding hydrogens is 150 g/mol. The van der Waals surface area contributed by atoms with Gasteiger partial charge in [0.05, 0.1) is 0 Å². The third-order valence-corrected chi connectivity index (χ3v) is 1.31. The molecule has 1 heterocycles. The zero-order valence-corrected chi connectivity index (χ0v) is 6.01. The van der Waals surface area contributed by atoms with E-state index in [0.717, 1.165) is 6.29 Å². The molecule has 2 nitrogen and oxygen atoms in total. The first kappa shape index (κ1) is 7.22. The van der Waals surface area contributed by atoms with Crippen LogP contribution in [0.2, 0.25) is 5.02 Å². The minimum atomic E-state index is 0.334. The Labute approximate surface area is 63.8 Å². The molecular formula is C7H6ClNO. The van der Waals surface area contributed by atoms with Gasteiger partial charge < -0.3 is 4.79 Å². The summed E-state index contributed by atoms with van der Waals surface area (Å²) in [7, 11) is 0. The van der Waals surface area contributed by atoms with Crippen molar-refractivity contribution >= 4 is 17.9 Å². The Bertz CT molecular complexity index is 237. The van der Waals surface area contributed by atoms with Crippen LogP contribution in [0, 0.1) is 0 Å². The summed E-state index contributed by atoms with van der Waals surface area (Å²) in [6.07, 6.45) is 2.72. The van der Waals surface area contributed by atoms with Gasteiger partial charge in [-0.15, -0.1) is 0 Å². The lowest BCUT2D eigenvalue weighted by Gasteiger charge is -1.92. The van der Waals surface area contributed by atoms with Gasteiger partial charge in [0, 0.05) is 23.3 Å². The number of pyridine rings is 1. The maximum absolute atomic E-state index is 10.0. The summed E-state index contributed by atoms with van der Waals surface area (Å²) in [6, 6.07) is 3.35. The van der Waals surface area contributed by atoms with Crippen LogP contribution in [-0.2, 0) is 11.2 Å². The van der Waals surface area contributed by atoms with Crippen molar-refractivity contribution in [2.45, 2.75) is 6.42 Å². The minimum Gasteiger partial charge on any atom is -0.303 e. The van der Waals surface area contributed by atoms with Gasteiger partial charge in [0.15, 0.2) is 0 Å². The maximum atomic E-state index is 10.0. The topological polar surface area (TPSA) is 30.0 Å². The van der Waals surface area contributed by atoms with Crippen LogP contribution in [0.3, 0.4) is 0 Å². The van der Waals surface area contributed by atoms with E-state index in [-0.39, 0.29) is 0 Å². The summed E-state index contributed by atoms with van der Waals surface area (Å²) in [5.74, 6) is 0. The fraction of sp³-hybridized carbons (Fsp3) is 0.143. The number of aromatic nitrogens is 1. The summed E-state index contributed by atoms with van der Waals surface area (Å²) in [5.41, 5.74) is 0.711. The van der Waals surface area contributed by atoms with E-state index >= 15 is 0 Å². The molecule has 52 valence electrons. The molecule has 0 atom stereocenters. The molecule has 1 aromatic heterocycles. The van der Waals surface area contributed by atoms with Crippen molar-refractivity contribution in [2.75, 3.05) is 0 Å². The molecule has 1 aromatic rings. The molecule has 0 spiro atoms. The van der Waals surface area contributed by atoms with Gasteiger partial charge >= 0.3 is 0 Å². The average Bonchev–Trinajstić information content (AvgIpc) is 1.88. The number of hydrogen-bond acceptors (Lipinski definition) is 2. The summed E-state index contributed by atoms with van der Waals surface area (Å²) in [4.78, 5) is 13.9. The average molecular weight is 156 g/mol. The van der Waals surface area contributed by atoms with Crippen molar-refractivity contribution in [2.24, 2.45) is 0 Å². The summed E-state index contributed by atoms with van der Waals surface area (Å²) >= 11 is 5.62. The molecule has 0 amide bonds. The molecule has 0 saturated heterocycles. The van der Waals surface area contributed by atoms with Crippen LogP contribution < -0.4 is 0 Å². The largest absolute Gasteiger partial charge is 0.303 e. The Morgan fingerprint density at radius 1 is 1.70 bits per heavy atom.